The molecule has 5 heteroatoms. The molecule has 0 aliphatic carbocycles. The Morgan fingerprint density at radius 2 is 1.58 bits per heavy atom. The van der Waals surface area contributed by atoms with Gasteiger partial charge in [-0.25, -0.2) is 0 Å². The lowest BCUT2D eigenvalue weighted by molar-refractivity contribution is 0.401. The van der Waals surface area contributed by atoms with E-state index in [1.165, 1.54) is 22.1 Å². The Morgan fingerprint density at radius 1 is 0.923 bits per heavy atom. The van der Waals surface area contributed by atoms with Crippen molar-refractivity contribution in [1.82, 2.24) is 0 Å². The number of rotatable bonds is 9. The minimum absolute atomic E-state index is 0.999. The number of benzene rings is 2. The lowest BCUT2D eigenvalue weighted by atomic mass is 10.2. The highest BCUT2D eigenvalue weighted by Gasteiger charge is 2.36. The highest BCUT2D eigenvalue weighted by Crippen LogP contribution is 2.24. The Bertz CT molecular complexity index is 691. The smallest absolute Gasteiger partial charge is 0.227 e. The minimum atomic E-state index is -2.09. The van der Waals surface area contributed by atoms with Gasteiger partial charge in [0, 0.05) is 52.0 Å². The van der Waals surface area contributed by atoms with Crippen LogP contribution in [0.15, 0.2) is 48.5 Å². The Labute approximate surface area is 168 Å². The van der Waals surface area contributed by atoms with Crippen molar-refractivity contribution in [2.24, 2.45) is 0 Å². The standard InChI is InChI=1S/C21H31BrN2OSi/c1-23(2)19-10-12-21(13-11-19)26(25-5,15-7-14-22)17-18-8-6-9-20(16-18)24(3)4/h6,8-13,16H,7,14-15,17H2,1-5H3. The summed E-state index contributed by atoms with van der Waals surface area (Å²) in [5, 5.41) is 2.39. The van der Waals surface area contributed by atoms with Crippen LogP contribution in [0, 0.1) is 0 Å². The summed E-state index contributed by atoms with van der Waals surface area (Å²) in [6.07, 6.45) is 1.13. The molecule has 0 saturated heterocycles. The summed E-state index contributed by atoms with van der Waals surface area (Å²) in [4.78, 5) is 4.29. The number of nitrogens with zero attached hydrogens (tertiary/aromatic N) is 2. The number of alkyl halides is 1. The van der Waals surface area contributed by atoms with Crippen LogP contribution in [0.5, 0.6) is 0 Å². The second kappa shape index (κ2) is 9.58. The molecule has 0 aliphatic heterocycles. The second-order valence-corrected chi connectivity index (χ2v) is 11.8. The highest BCUT2D eigenvalue weighted by atomic mass is 79.9. The van der Waals surface area contributed by atoms with Gasteiger partial charge in [0.15, 0.2) is 0 Å². The zero-order chi connectivity index (χ0) is 19.2. The molecule has 142 valence electrons. The van der Waals surface area contributed by atoms with E-state index in [1.54, 1.807) is 0 Å². The van der Waals surface area contributed by atoms with Crippen LogP contribution in [-0.4, -0.2) is 48.9 Å². The van der Waals surface area contributed by atoms with E-state index in [1.807, 2.05) is 7.11 Å². The van der Waals surface area contributed by atoms with Crippen LogP contribution in [0.4, 0.5) is 11.4 Å². The van der Waals surface area contributed by atoms with E-state index in [0.717, 1.165) is 23.8 Å². The molecule has 26 heavy (non-hydrogen) atoms. The van der Waals surface area contributed by atoms with E-state index in [2.05, 4.69) is 102 Å². The van der Waals surface area contributed by atoms with Crippen molar-refractivity contribution in [3.05, 3.63) is 54.1 Å². The first-order valence-corrected chi connectivity index (χ1v) is 12.5. The number of halogens is 1. The van der Waals surface area contributed by atoms with E-state index >= 15 is 0 Å². The third-order valence-electron chi connectivity index (χ3n) is 4.93. The zero-order valence-corrected chi connectivity index (χ0v) is 19.2. The Morgan fingerprint density at radius 3 is 2.12 bits per heavy atom. The summed E-state index contributed by atoms with van der Waals surface area (Å²) in [6, 6.07) is 19.9. The first-order chi connectivity index (χ1) is 12.4. The lowest BCUT2D eigenvalue weighted by Gasteiger charge is -2.31. The molecule has 0 aromatic heterocycles. The third-order valence-corrected chi connectivity index (χ3v) is 9.80. The number of hydrogen-bond donors (Lipinski definition) is 0. The van der Waals surface area contributed by atoms with Crippen molar-refractivity contribution in [2.75, 3.05) is 50.4 Å². The van der Waals surface area contributed by atoms with Gasteiger partial charge in [0.2, 0.25) is 8.32 Å². The number of hydrogen-bond acceptors (Lipinski definition) is 3. The average Bonchev–Trinajstić information content (AvgIpc) is 2.65. The van der Waals surface area contributed by atoms with E-state index in [-0.39, 0.29) is 0 Å². The molecular weight excluding hydrogens is 404 g/mol. The monoisotopic (exact) mass is 434 g/mol. The molecule has 0 heterocycles. The van der Waals surface area contributed by atoms with Crippen LogP contribution in [0.2, 0.25) is 6.04 Å². The van der Waals surface area contributed by atoms with Crippen LogP contribution in [0.25, 0.3) is 0 Å². The van der Waals surface area contributed by atoms with Gasteiger partial charge in [0.25, 0.3) is 0 Å². The first-order valence-electron chi connectivity index (χ1n) is 9.07. The maximum Gasteiger partial charge on any atom is 0.227 e. The van der Waals surface area contributed by atoms with Crippen LogP contribution < -0.4 is 15.0 Å². The molecule has 3 nitrogen and oxygen atoms in total. The largest absolute Gasteiger partial charge is 0.415 e. The van der Waals surface area contributed by atoms with E-state index in [4.69, 9.17) is 4.43 Å². The van der Waals surface area contributed by atoms with E-state index in [9.17, 15) is 0 Å². The molecule has 1 atom stereocenters. The molecule has 0 saturated carbocycles. The topological polar surface area (TPSA) is 15.7 Å². The van der Waals surface area contributed by atoms with Crippen molar-refractivity contribution >= 4 is 40.8 Å². The number of anilines is 2. The quantitative estimate of drug-likeness (QED) is 0.434. The van der Waals surface area contributed by atoms with Crippen molar-refractivity contribution in [1.29, 1.82) is 0 Å². The molecule has 2 aromatic carbocycles. The molecule has 0 radical (unpaired) electrons. The molecule has 1 unspecified atom stereocenters. The molecule has 0 amide bonds. The molecule has 2 aromatic rings. The van der Waals surface area contributed by atoms with Crippen LogP contribution in [0.3, 0.4) is 0 Å². The SMILES string of the molecule is CO[Si](CCCBr)(Cc1cccc(N(C)C)c1)c1ccc(N(C)C)cc1. The molecule has 0 N–H and O–H groups in total. The van der Waals surface area contributed by atoms with Crippen LogP contribution in [-0.2, 0) is 10.5 Å². The van der Waals surface area contributed by atoms with E-state index in [0.29, 0.717) is 0 Å². The average molecular weight is 435 g/mol. The summed E-state index contributed by atoms with van der Waals surface area (Å²) in [7, 11) is 8.14. The van der Waals surface area contributed by atoms with Gasteiger partial charge in [-0.15, -0.1) is 0 Å². The summed E-state index contributed by atoms with van der Waals surface area (Å²) in [6.45, 7) is 0. The highest BCUT2D eigenvalue weighted by molar-refractivity contribution is 9.09. The van der Waals surface area contributed by atoms with Gasteiger partial charge in [0.05, 0.1) is 0 Å². The van der Waals surface area contributed by atoms with Gasteiger partial charge in [-0.05, 0) is 53.5 Å². The van der Waals surface area contributed by atoms with Crippen molar-refractivity contribution < 1.29 is 4.43 Å². The van der Waals surface area contributed by atoms with Gasteiger partial charge in [-0.3, -0.25) is 0 Å². The second-order valence-electron chi connectivity index (χ2n) is 7.17. The predicted octanol–water partition coefficient (Wildman–Crippen LogP) is 4.18. The molecule has 0 bridgehead atoms. The third kappa shape index (κ3) is 5.12. The van der Waals surface area contributed by atoms with Crippen LogP contribution in [0.1, 0.15) is 12.0 Å². The Hall–Kier alpha value is -1.30. The Balaban J connectivity index is 2.39. The fourth-order valence-electron chi connectivity index (χ4n) is 3.32. The fraction of sp³-hybridized carbons (Fsp3) is 0.429. The van der Waals surface area contributed by atoms with Gasteiger partial charge in [-0.2, -0.15) is 0 Å². The van der Waals surface area contributed by atoms with Gasteiger partial charge >= 0.3 is 0 Å². The lowest BCUT2D eigenvalue weighted by Crippen LogP contribution is -2.52. The zero-order valence-electron chi connectivity index (χ0n) is 16.6. The first kappa shape index (κ1) is 21.0. The van der Waals surface area contributed by atoms with Gasteiger partial charge in [-0.1, -0.05) is 40.2 Å². The normalized spacial score (nSPS) is 13.3. The van der Waals surface area contributed by atoms with Gasteiger partial charge in [0.1, 0.15) is 0 Å². The molecular formula is C21H31BrN2OSi. The molecule has 0 aliphatic rings. The molecule has 2 rings (SSSR count). The minimum Gasteiger partial charge on any atom is -0.415 e. The van der Waals surface area contributed by atoms with Crippen molar-refractivity contribution in [3.63, 3.8) is 0 Å². The van der Waals surface area contributed by atoms with E-state index < -0.39 is 8.32 Å². The van der Waals surface area contributed by atoms with Crippen molar-refractivity contribution in [2.45, 2.75) is 18.5 Å². The van der Waals surface area contributed by atoms with Gasteiger partial charge < -0.3 is 14.2 Å². The maximum absolute atomic E-state index is 6.32. The molecule has 0 spiro atoms. The Kier molecular flexibility index (Phi) is 7.74. The summed E-state index contributed by atoms with van der Waals surface area (Å²) in [5.41, 5.74) is 3.82. The summed E-state index contributed by atoms with van der Waals surface area (Å²) < 4.78 is 6.32. The van der Waals surface area contributed by atoms with Crippen molar-refractivity contribution in [3.8, 4) is 0 Å². The fourth-order valence-corrected chi connectivity index (χ4v) is 7.77. The maximum atomic E-state index is 6.32. The summed E-state index contributed by atoms with van der Waals surface area (Å²) in [5.74, 6) is 0. The molecule has 0 fully saturated rings. The summed E-state index contributed by atoms with van der Waals surface area (Å²) >= 11 is 3.60. The van der Waals surface area contributed by atoms with Crippen LogP contribution >= 0.6 is 15.9 Å². The predicted molar refractivity (Wildman–Crippen MR) is 121 cm³/mol.